The van der Waals surface area contributed by atoms with Crippen LogP contribution in [0.3, 0.4) is 0 Å². The summed E-state index contributed by atoms with van der Waals surface area (Å²) in [5, 5.41) is 0. The Morgan fingerprint density at radius 3 is 1.50 bits per heavy atom. The highest BCUT2D eigenvalue weighted by molar-refractivity contribution is 5.24. The summed E-state index contributed by atoms with van der Waals surface area (Å²) in [6, 6.07) is 0. The fraction of sp³-hybridized carbons (Fsp3) is 0.833. The zero-order valence-corrected chi connectivity index (χ0v) is 8.72. The van der Waals surface area contributed by atoms with Crippen LogP contribution in [0.1, 0.15) is 40.5 Å². The Morgan fingerprint density at radius 2 is 1.17 bits per heavy atom. The van der Waals surface area contributed by atoms with Crippen LogP contribution in [0.15, 0.2) is 11.1 Å². The van der Waals surface area contributed by atoms with Crippen LogP contribution in [0.25, 0.3) is 0 Å². The minimum Gasteiger partial charge on any atom is -0.0707 e. The molecule has 0 aromatic carbocycles. The summed E-state index contributed by atoms with van der Waals surface area (Å²) in [4.78, 5) is 0. The lowest BCUT2D eigenvalue weighted by molar-refractivity contribution is 0.130. The molecule has 3 aliphatic rings. The van der Waals surface area contributed by atoms with Crippen LogP contribution < -0.4 is 0 Å². The number of hydrogen-bond acceptors (Lipinski definition) is 0. The number of allylic oxidation sites excluding steroid dienone is 2. The van der Waals surface area contributed by atoms with Crippen molar-refractivity contribution in [3.63, 3.8) is 0 Å². The molecule has 4 atom stereocenters. The number of rotatable bonds is 0. The Morgan fingerprint density at radius 1 is 0.833 bits per heavy atom. The molecule has 0 saturated heterocycles. The molecule has 0 heterocycles. The smallest absolute Gasteiger partial charge is 0.0175 e. The Balaban J connectivity index is 2.39. The standard InChI is InChI=1S/C12H20/c1-7-8(2)12-6-5-11(7)9(3)10(12)4/h7-8,11-12H,5-6H2,1-4H3. The average Bonchev–Trinajstić information content (AvgIpc) is 2.05. The molecule has 0 radical (unpaired) electrons. The first-order chi connectivity index (χ1) is 5.63. The van der Waals surface area contributed by atoms with Crippen molar-refractivity contribution in [3.8, 4) is 0 Å². The van der Waals surface area contributed by atoms with E-state index in [-0.39, 0.29) is 0 Å². The SMILES string of the molecule is CC1=C(C)C2CCC1C(C)C2C. The summed E-state index contributed by atoms with van der Waals surface area (Å²) in [6.45, 7) is 9.60. The van der Waals surface area contributed by atoms with Crippen molar-refractivity contribution in [1.82, 2.24) is 0 Å². The van der Waals surface area contributed by atoms with E-state index >= 15 is 0 Å². The van der Waals surface area contributed by atoms with Crippen LogP contribution in [0, 0.1) is 23.7 Å². The monoisotopic (exact) mass is 164 g/mol. The second kappa shape index (κ2) is 2.61. The van der Waals surface area contributed by atoms with Crippen LogP contribution in [-0.2, 0) is 0 Å². The van der Waals surface area contributed by atoms with E-state index in [1.807, 2.05) is 0 Å². The molecule has 0 amide bonds. The minimum absolute atomic E-state index is 0.921. The molecule has 0 N–H and O–H groups in total. The van der Waals surface area contributed by atoms with Crippen LogP contribution in [0.4, 0.5) is 0 Å². The third-order valence-corrected chi connectivity index (χ3v) is 4.62. The highest BCUT2D eigenvalue weighted by Gasteiger charge is 2.40. The van der Waals surface area contributed by atoms with E-state index in [2.05, 4.69) is 27.7 Å². The molecule has 2 bridgehead atoms. The molecule has 0 nitrogen and oxygen atoms in total. The van der Waals surface area contributed by atoms with E-state index in [9.17, 15) is 0 Å². The van der Waals surface area contributed by atoms with E-state index in [1.165, 1.54) is 12.8 Å². The maximum absolute atomic E-state index is 2.44. The summed E-state index contributed by atoms with van der Waals surface area (Å²) in [5.41, 5.74) is 3.44. The predicted molar refractivity (Wildman–Crippen MR) is 52.9 cm³/mol. The van der Waals surface area contributed by atoms with Gasteiger partial charge in [0.1, 0.15) is 0 Å². The number of fused-ring (bicyclic) bond motifs is 2. The Hall–Kier alpha value is -0.260. The van der Waals surface area contributed by atoms with Gasteiger partial charge in [-0.3, -0.25) is 0 Å². The highest BCUT2D eigenvalue weighted by Crippen LogP contribution is 2.50. The van der Waals surface area contributed by atoms with Crippen LogP contribution in [0.2, 0.25) is 0 Å². The van der Waals surface area contributed by atoms with Crippen LogP contribution in [0.5, 0.6) is 0 Å². The van der Waals surface area contributed by atoms with E-state index in [0.717, 1.165) is 23.7 Å². The lowest BCUT2D eigenvalue weighted by Crippen LogP contribution is -2.38. The third kappa shape index (κ3) is 0.901. The molecule has 12 heavy (non-hydrogen) atoms. The molecular weight excluding hydrogens is 144 g/mol. The molecule has 0 aromatic rings. The molecule has 3 aliphatic carbocycles. The van der Waals surface area contributed by atoms with Crippen molar-refractivity contribution in [2.24, 2.45) is 23.7 Å². The second-order valence-electron chi connectivity index (χ2n) is 4.87. The van der Waals surface area contributed by atoms with Crippen molar-refractivity contribution in [2.45, 2.75) is 40.5 Å². The molecule has 68 valence electrons. The van der Waals surface area contributed by atoms with Crippen molar-refractivity contribution in [3.05, 3.63) is 11.1 Å². The van der Waals surface area contributed by atoms with Gasteiger partial charge in [-0.15, -0.1) is 0 Å². The average molecular weight is 164 g/mol. The summed E-state index contributed by atoms with van der Waals surface area (Å²) in [5.74, 6) is 3.72. The Bertz CT molecular complexity index is 200. The largest absolute Gasteiger partial charge is 0.0707 e. The van der Waals surface area contributed by atoms with Gasteiger partial charge in [-0.25, -0.2) is 0 Å². The molecule has 0 aliphatic heterocycles. The van der Waals surface area contributed by atoms with Gasteiger partial charge >= 0.3 is 0 Å². The lowest BCUT2D eigenvalue weighted by atomic mass is 9.58. The van der Waals surface area contributed by atoms with E-state index in [1.54, 1.807) is 11.1 Å². The van der Waals surface area contributed by atoms with E-state index in [4.69, 9.17) is 0 Å². The van der Waals surface area contributed by atoms with Gasteiger partial charge in [-0.2, -0.15) is 0 Å². The fourth-order valence-electron chi connectivity index (χ4n) is 3.42. The number of hydrogen-bond donors (Lipinski definition) is 0. The maximum Gasteiger partial charge on any atom is -0.0175 e. The molecule has 1 fully saturated rings. The van der Waals surface area contributed by atoms with E-state index < -0.39 is 0 Å². The predicted octanol–water partition coefficient (Wildman–Crippen LogP) is 3.63. The Labute approximate surface area is 76.1 Å². The van der Waals surface area contributed by atoms with Gasteiger partial charge in [0.2, 0.25) is 0 Å². The first-order valence-electron chi connectivity index (χ1n) is 5.30. The summed E-state index contributed by atoms with van der Waals surface area (Å²) < 4.78 is 0. The third-order valence-electron chi connectivity index (χ3n) is 4.62. The van der Waals surface area contributed by atoms with Gasteiger partial charge in [0.05, 0.1) is 0 Å². The molecular formula is C12H20. The minimum atomic E-state index is 0.921. The first kappa shape index (κ1) is 8.34. The lowest BCUT2D eigenvalue weighted by Gasteiger charge is -2.47. The first-order valence-corrected chi connectivity index (χ1v) is 5.30. The van der Waals surface area contributed by atoms with Crippen molar-refractivity contribution in [1.29, 1.82) is 0 Å². The fourth-order valence-corrected chi connectivity index (χ4v) is 3.42. The van der Waals surface area contributed by atoms with Gasteiger partial charge in [-0.1, -0.05) is 25.0 Å². The van der Waals surface area contributed by atoms with Gasteiger partial charge in [0.15, 0.2) is 0 Å². The van der Waals surface area contributed by atoms with Gasteiger partial charge in [0, 0.05) is 0 Å². The van der Waals surface area contributed by atoms with Gasteiger partial charge < -0.3 is 0 Å². The summed E-state index contributed by atoms with van der Waals surface area (Å²) >= 11 is 0. The topological polar surface area (TPSA) is 0 Å². The van der Waals surface area contributed by atoms with Gasteiger partial charge in [0.25, 0.3) is 0 Å². The quantitative estimate of drug-likeness (QED) is 0.479. The zero-order chi connectivity index (χ0) is 8.88. The van der Waals surface area contributed by atoms with Crippen LogP contribution >= 0.6 is 0 Å². The Kier molecular flexibility index (Phi) is 1.82. The van der Waals surface area contributed by atoms with Crippen molar-refractivity contribution in [2.75, 3.05) is 0 Å². The molecule has 0 aromatic heterocycles. The van der Waals surface area contributed by atoms with Crippen molar-refractivity contribution >= 4 is 0 Å². The van der Waals surface area contributed by atoms with Gasteiger partial charge in [-0.05, 0) is 50.4 Å². The zero-order valence-electron chi connectivity index (χ0n) is 8.72. The molecule has 4 unspecified atom stereocenters. The van der Waals surface area contributed by atoms with E-state index in [0.29, 0.717) is 0 Å². The summed E-state index contributed by atoms with van der Waals surface area (Å²) in [6.07, 6.45) is 2.92. The highest BCUT2D eigenvalue weighted by atomic mass is 14.5. The van der Waals surface area contributed by atoms with Crippen molar-refractivity contribution < 1.29 is 0 Å². The van der Waals surface area contributed by atoms with Crippen LogP contribution in [-0.4, -0.2) is 0 Å². The molecule has 0 heteroatoms. The molecule has 0 spiro atoms. The summed E-state index contributed by atoms with van der Waals surface area (Å²) in [7, 11) is 0. The second-order valence-corrected chi connectivity index (χ2v) is 4.87. The maximum atomic E-state index is 2.44. The normalized spacial score (nSPS) is 47.0. The molecule has 3 rings (SSSR count). The molecule has 1 saturated carbocycles.